The molecular formula is C12H12F2N4O2S. The third kappa shape index (κ3) is 4.17. The zero-order valence-corrected chi connectivity index (χ0v) is 11.7. The summed E-state index contributed by atoms with van der Waals surface area (Å²) in [7, 11) is 0. The van der Waals surface area contributed by atoms with E-state index in [2.05, 4.69) is 20.8 Å². The molecule has 6 nitrogen and oxygen atoms in total. The number of benzene rings is 1. The van der Waals surface area contributed by atoms with E-state index in [1.165, 1.54) is 17.4 Å². The van der Waals surface area contributed by atoms with Crippen molar-refractivity contribution in [2.45, 2.75) is 13.0 Å². The lowest BCUT2D eigenvalue weighted by atomic mass is 10.1. The Hall–Kier alpha value is -2.13. The Morgan fingerprint density at radius 1 is 1.38 bits per heavy atom. The van der Waals surface area contributed by atoms with Crippen LogP contribution in [0.3, 0.4) is 0 Å². The minimum absolute atomic E-state index is 0.158. The highest BCUT2D eigenvalue weighted by Crippen LogP contribution is 2.16. The van der Waals surface area contributed by atoms with E-state index in [9.17, 15) is 18.7 Å². The van der Waals surface area contributed by atoms with Crippen molar-refractivity contribution in [1.82, 2.24) is 15.5 Å². The van der Waals surface area contributed by atoms with E-state index in [4.69, 9.17) is 0 Å². The van der Waals surface area contributed by atoms with Crippen LogP contribution in [0, 0.1) is 18.6 Å². The molecule has 1 aromatic heterocycles. The first kappa shape index (κ1) is 15.3. The van der Waals surface area contributed by atoms with Crippen molar-refractivity contribution in [2.24, 2.45) is 0 Å². The van der Waals surface area contributed by atoms with Gasteiger partial charge in [-0.05, 0) is 24.6 Å². The molecule has 112 valence electrons. The van der Waals surface area contributed by atoms with E-state index in [0.717, 1.165) is 12.1 Å². The number of aliphatic hydroxyl groups excluding tert-OH is 1. The van der Waals surface area contributed by atoms with E-state index >= 15 is 0 Å². The molecule has 2 amide bonds. The molecule has 9 heteroatoms. The molecule has 2 aromatic rings. The van der Waals surface area contributed by atoms with Crippen LogP contribution in [0.25, 0.3) is 0 Å². The number of carbonyl (C=O) groups is 1. The number of rotatable bonds is 4. The molecule has 1 atom stereocenters. The van der Waals surface area contributed by atoms with Crippen LogP contribution in [0.4, 0.5) is 18.7 Å². The number of nitrogens with one attached hydrogen (secondary N) is 2. The van der Waals surface area contributed by atoms with Gasteiger partial charge in [0, 0.05) is 6.54 Å². The second kappa shape index (κ2) is 6.55. The standard InChI is InChI=1S/C12H12F2N4O2S/c1-6-17-18-12(21-6)16-11(20)15-5-10(19)7-2-3-8(13)9(14)4-7/h2-4,10,19H,5H2,1H3,(H2,15,16,18,20)/t10-/m0/s1. The molecule has 0 saturated carbocycles. The SMILES string of the molecule is Cc1nnc(NC(=O)NC[C@H](O)c2ccc(F)c(F)c2)s1. The molecule has 0 aliphatic rings. The number of aromatic nitrogens is 2. The van der Waals surface area contributed by atoms with E-state index in [-0.39, 0.29) is 12.1 Å². The number of anilines is 1. The van der Waals surface area contributed by atoms with Crippen LogP contribution in [0.2, 0.25) is 0 Å². The van der Waals surface area contributed by atoms with E-state index in [1.807, 2.05) is 0 Å². The predicted molar refractivity (Wildman–Crippen MR) is 73.0 cm³/mol. The van der Waals surface area contributed by atoms with Crippen molar-refractivity contribution in [2.75, 3.05) is 11.9 Å². The second-order valence-corrected chi connectivity index (χ2v) is 5.33. The van der Waals surface area contributed by atoms with E-state index < -0.39 is 23.8 Å². The normalized spacial score (nSPS) is 12.0. The lowest BCUT2D eigenvalue weighted by Crippen LogP contribution is -2.32. The average Bonchev–Trinajstić information content (AvgIpc) is 2.84. The first-order chi connectivity index (χ1) is 9.95. The van der Waals surface area contributed by atoms with Crippen LogP contribution < -0.4 is 10.6 Å². The van der Waals surface area contributed by atoms with Gasteiger partial charge in [0.1, 0.15) is 5.01 Å². The summed E-state index contributed by atoms with van der Waals surface area (Å²) in [5, 5.41) is 23.1. The highest BCUT2D eigenvalue weighted by Gasteiger charge is 2.13. The Bertz CT molecular complexity index is 650. The summed E-state index contributed by atoms with van der Waals surface area (Å²) in [4.78, 5) is 11.6. The van der Waals surface area contributed by atoms with Crippen LogP contribution in [-0.2, 0) is 0 Å². The fourth-order valence-electron chi connectivity index (χ4n) is 1.52. The highest BCUT2D eigenvalue weighted by molar-refractivity contribution is 7.15. The lowest BCUT2D eigenvalue weighted by molar-refractivity contribution is 0.174. The number of urea groups is 1. The van der Waals surface area contributed by atoms with E-state index in [1.54, 1.807) is 6.92 Å². The third-order valence-electron chi connectivity index (χ3n) is 2.53. The molecule has 3 N–H and O–H groups in total. The quantitative estimate of drug-likeness (QED) is 0.805. The maximum absolute atomic E-state index is 13.0. The van der Waals surface area contributed by atoms with Crippen molar-refractivity contribution in [3.05, 3.63) is 40.4 Å². The Morgan fingerprint density at radius 3 is 2.76 bits per heavy atom. The van der Waals surface area contributed by atoms with Gasteiger partial charge in [0.15, 0.2) is 11.6 Å². The fraction of sp³-hybridized carbons (Fsp3) is 0.250. The van der Waals surface area contributed by atoms with Crippen LogP contribution in [0.15, 0.2) is 18.2 Å². The van der Waals surface area contributed by atoms with Crippen LogP contribution in [0.1, 0.15) is 16.7 Å². The smallest absolute Gasteiger partial charge is 0.321 e. The number of carbonyl (C=O) groups excluding carboxylic acids is 1. The average molecular weight is 314 g/mol. The summed E-state index contributed by atoms with van der Waals surface area (Å²) in [5.74, 6) is -2.05. The van der Waals surface area contributed by atoms with Crippen molar-refractivity contribution in [1.29, 1.82) is 0 Å². The van der Waals surface area contributed by atoms with Crippen molar-refractivity contribution >= 4 is 22.5 Å². The Balaban J connectivity index is 1.86. The minimum atomic E-state index is -1.15. The molecule has 0 saturated heterocycles. The fourth-order valence-corrected chi connectivity index (χ4v) is 2.10. The Morgan fingerprint density at radius 2 is 2.14 bits per heavy atom. The summed E-state index contributed by atoms with van der Waals surface area (Å²) in [6.07, 6.45) is -1.15. The molecule has 0 radical (unpaired) electrons. The van der Waals surface area contributed by atoms with Crippen LogP contribution >= 0.6 is 11.3 Å². The molecule has 0 bridgehead atoms. The summed E-state index contributed by atoms with van der Waals surface area (Å²) in [6.45, 7) is 1.59. The van der Waals surface area contributed by atoms with Gasteiger partial charge in [0.05, 0.1) is 6.10 Å². The minimum Gasteiger partial charge on any atom is -0.387 e. The topological polar surface area (TPSA) is 87.1 Å². The predicted octanol–water partition coefficient (Wildman–Crippen LogP) is 1.98. The number of aryl methyl sites for hydroxylation is 1. The van der Waals surface area contributed by atoms with Crippen molar-refractivity contribution in [3.8, 4) is 0 Å². The van der Waals surface area contributed by atoms with Gasteiger partial charge in [0.2, 0.25) is 5.13 Å². The second-order valence-electron chi connectivity index (χ2n) is 4.15. The Labute approximate surface area is 122 Å². The zero-order valence-electron chi connectivity index (χ0n) is 10.9. The largest absolute Gasteiger partial charge is 0.387 e. The van der Waals surface area contributed by atoms with Gasteiger partial charge >= 0.3 is 6.03 Å². The monoisotopic (exact) mass is 314 g/mol. The maximum Gasteiger partial charge on any atom is 0.321 e. The van der Waals surface area contributed by atoms with Gasteiger partial charge in [-0.2, -0.15) is 0 Å². The highest BCUT2D eigenvalue weighted by atomic mass is 32.1. The molecular weight excluding hydrogens is 302 g/mol. The Kier molecular flexibility index (Phi) is 4.76. The molecule has 1 aromatic carbocycles. The zero-order chi connectivity index (χ0) is 15.4. The number of aliphatic hydroxyl groups is 1. The van der Waals surface area contributed by atoms with Gasteiger partial charge in [-0.15, -0.1) is 10.2 Å². The molecule has 0 aliphatic heterocycles. The summed E-state index contributed by atoms with van der Waals surface area (Å²) < 4.78 is 25.8. The van der Waals surface area contributed by atoms with Crippen LogP contribution in [-0.4, -0.2) is 27.9 Å². The van der Waals surface area contributed by atoms with Gasteiger partial charge < -0.3 is 10.4 Å². The molecule has 0 aliphatic carbocycles. The summed E-state index contributed by atoms with van der Waals surface area (Å²) in [5.41, 5.74) is 0.168. The van der Waals surface area contributed by atoms with Crippen molar-refractivity contribution in [3.63, 3.8) is 0 Å². The maximum atomic E-state index is 13.0. The molecule has 0 fully saturated rings. The summed E-state index contributed by atoms with van der Waals surface area (Å²) in [6, 6.07) is 2.47. The first-order valence-corrected chi connectivity index (χ1v) is 6.75. The lowest BCUT2D eigenvalue weighted by Gasteiger charge is -2.12. The number of nitrogens with zero attached hydrogens (tertiary/aromatic N) is 2. The third-order valence-corrected chi connectivity index (χ3v) is 3.29. The number of hydrogen-bond acceptors (Lipinski definition) is 5. The van der Waals surface area contributed by atoms with Crippen molar-refractivity contribution < 1.29 is 18.7 Å². The molecule has 1 heterocycles. The number of amides is 2. The van der Waals surface area contributed by atoms with E-state index in [0.29, 0.717) is 10.1 Å². The molecule has 0 unspecified atom stereocenters. The molecule has 21 heavy (non-hydrogen) atoms. The first-order valence-electron chi connectivity index (χ1n) is 5.93. The van der Waals surface area contributed by atoms with Gasteiger partial charge in [-0.3, -0.25) is 5.32 Å². The summed E-state index contributed by atoms with van der Waals surface area (Å²) >= 11 is 1.20. The van der Waals surface area contributed by atoms with Gasteiger partial charge in [0.25, 0.3) is 0 Å². The molecule has 2 rings (SSSR count). The number of halogens is 2. The van der Waals surface area contributed by atoms with Gasteiger partial charge in [-0.25, -0.2) is 13.6 Å². The van der Waals surface area contributed by atoms with Gasteiger partial charge in [-0.1, -0.05) is 17.4 Å². The number of hydrogen-bond donors (Lipinski definition) is 3. The van der Waals surface area contributed by atoms with Crippen LogP contribution in [0.5, 0.6) is 0 Å². The molecule has 0 spiro atoms.